The molecule has 2 aliphatic heterocycles. The molecule has 4 aliphatic rings. The lowest BCUT2D eigenvalue weighted by atomic mass is 9.71. The SMILES string of the molecule is COc1ccc([C@H]2CC(=O)C3=C(C2)NC(C)=C(C(=O)OC2CCCCC2)[C@H]3c2cc3c(cc2Br)OCO3)cc1. The van der Waals surface area contributed by atoms with Crippen LogP contribution in [0.15, 0.2) is 63.4 Å². The quantitative estimate of drug-likeness (QED) is 0.400. The number of halogens is 1. The summed E-state index contributed by atoms with van der Waals surface area (Å²) in [4.78, 5) is 27.8. The summed E-state index contributed by atoms with van der Waals surface area (Å²) in [7, 11) is 1.64. The predicted molar refractivity (Wildman–Crippen MR) is 149 cm³/mol. The molecular weight excluding hydrogens is 562 g/mol. The fourth-order valence-electron chi connectivity index (χ4n) is 6.28. The zero-order valence-corrected chi connectivity index (χ0v) is 23.8. The largest absolute Gasteiger partial charge is 0.497 e. The average Bonchev–Trinajstić information content (AvgIpc) is 3.39. The van der Waals surface area contributed by atoms with Crippen molar-refractivity contribution < 1.29 is 28.5 Å². The van der Waals surface area contributed by atoms with Crippen molar-refractivity contribution in [2.45, 2.75) is 69.8 Å². The number of carbonyl (C=O) groups is 2. The summed E-state index contributed by atoms with van der Waals surface area (Å²) in [6.07, 6.45) is 5.97. The number of rotatable bonds is 5. The molecule has 2 atom stereocenters. The van der Waals surface area contributed by atoms with Crippen LogP contribution < -0.4 is 19.5 Å². The first-order valence-corrected chi connectivity index (χ1v) is 14.4. The first-order valence-electron chi connectivity index (χ1n) is 13.6. The number of carbonyl (C=O) groups excluding carboxylic acids is 2. The second kappa shape index (κ2) is 10.7. The number of dihydropyridines is 1. The Hall–Kier alpha value is -3.26. The van der Waals surface area contributed by atoms with E-state index in [0.29, 0.717) is 41.2 Å². The summed E-state index contributed by atoms with van der Waals surface area (Å²) < 4.78 is 23.4. The molecule has 1 fully saturated rings. The highest BCUT2D eigenvalue weighted by Gasteiger charge is 2.43. The van der Waals surface area contributed by atoms with Gasteiger partial charge in [0.05, 0.1) is 12.7 Å². The third kappa shape index (κ3) is 4.95. The highest BCUT2D eigenvalue weighted by Crippen LogP contribution is 2.50. The third-order valence-corrected chi connectivity index (χ3v) is 8.95. The summed E-state index contributed by atoms with van der Waals surface area (Å²) in [6.45, 7) is 2.04. The van der Waals surface area contributed by atoms with Crippen molar-refractivity contribution in [3.63, 3.8) is 0 Å². The van der Waals surface area contributed by atoms with Gasteiger partial charge in [-0.05, 0) is 80.3 Å². The van der Waals surface area contributed by atoms with Gasteiger partial charge in [-0.1, -0.05) is 34.5 Å². The van der Waals surface area contributed by atoms with E-state index >= 15 is 0 Å². The highest BCUT2D eigenvalue weighted by atomic mass is 79.9. The Morgan fingerprint density at radius 2 is 1.74 bits per heavy atom. The monoisotopic (exact) mass is 593 g/mol. The van der Waals surface area contributed by atoms with Crippen LogP contribution in [0.3, 0.4) is 0 Å². The molecule has 0 unspecified atom stereocenters. The molecule has 0 aromatic heterocycles. The molecule has 1 saturated carbocycles. The standard InChI is InChI=1S/C31H32BrNO6/c1-17-28(31(35)39-21-6-4-3-5-7-21)29(22-14-26-27(15-23(22)32)38-16-37-26)30-24(33-17)12-19(13-25(30)34)18-8-10-20(36-2)11-9-18/h8-11,14-15,19,21,29,33H,3-7,12-13,16H2,1-2H3/t19-,29-/m1/s1. The number of allylic oxidation sites excluding steroid dienone is 3. The smallest absolute Gasteiger partial charge is 0.337 e. The molecule has 39 heavy (non-hydrogen) atoms. The zero-order valence-electron chi connectivity index (χ0n) is 22.2. The third-order valence-electron chi connectivity index (χ3n) is 8.26. The van der Waals surface area contributed by atoms with Gasteiger partial charge < -0.3 is 24.3 Å². The normalized spacial score (nSPS) is 22.9. The van der Waals surface area contributed by atoms with Crippen LogP contribution in [0.2, 0.25) is 0 Å². The Kier molecular flexibility index (Phi) is 7.14. The number of esters is 1. The molecule has 0 saturated heterocycles. The molecule has 2 aromatic rings. The van der Waals surface area contributed by atoms with Crippen molar-refractivity contribution in [2.75, 3.05) is 13.9 Å². The van der Waals surface area contributed by atoms with Gasteiger partial charge in [0.15, 0.2) is 17.3 Å². The lowest BCUT2D eigenvalue weighted by molar-refractivity contribution is -0.146. The lowest BCUT2D eigenvalue weighted by Gasteiger charge is -2.37. The van der Waals surface area contributed by atoms with E-state index in [1.807, 2.05) is 43.3 Å². The molecule has 0 radical (unpaired) electrons. The summed E-state index contributed by atoms with van der Waals surface area (Å²) in [5, 5.41) is 3.45. The second-order valence-electron chi connectivity index (χ2n) is 10.7. The summed E-state index contributed by atoms with van der Waals surface area (Å²) >= 11 is 3.70. The summed E-state index contributed by atoms with van der Waals surface area (Å²) in [5.74, 6) is 1.13. The highest BCUT2D eigenvalue weighted by molar-refractivity contribution is 9.10. The first kappa shape index (κ1) is 26.0. The van der Waals surface area contributed by atoms with Crippen molar-refractivity contribution in [3.8, 4) is 17.2 Å². The number of ether oxygens (including phenoxy) is 4. The summed E-state index contributed by atoms with van der Waals surface area (Å²) in [5.41, 5.74) is 4.55. The minimum Gasteiger partial charge on any atom is -0.497 e. The van der Waals surface area contributed by atoms with Crippen LogP contribution >= 0.6 is 15.9 Å². The molecule has 2 aliphatic carbocycles. The van der Waals surface area contributed by atoms with Gasteiger partial charge in [0.25, 0.3) is 0 Å². The Labute approximate surface area is 236 Å². The van der Waals surface area contributed by atoms with E-state index in [1.165, 1.54) is 6.42 Å². The lowest BCUT2D eigenvalue weighted by Crippen LogP contribution is -2.37. The van der Waals surface area contributed by atoms with Gasteiger partial charge in [0.2, 0.25) is 6.79 Å². The van der Waals surface area contributed by atoms with Gasteiger partial charge in [0.1, 0.15) is 11.9 Å². The van der Waals surface area contributed by atoms with Crippen molar-refractivity contribution in [1.82, 2.24) is 5.32 Å². The number of benzene rings is 2. The van der Waals surface area contributed by atoms with E-state index in [0.717, 1.165) is 52.7 Å². The molecule has 8 heteroatoms. The van der Waals surface area contributed by atoms with E-state index in [4.69, 9.17) is 18.9 Å². The number of ketones is 1. The molecule has 2 heterocycles. The summed E-state index contributed by atoms with van der Waals surface area (Å²) in [6, 6.07) is 11.6. The number of hydrogen-bond donors (Lipinski definition) is 1. The predicted octanol–water partition coefficient (Wildman–Crippen LogP) is 6.42. The molecule has 204 valence electrons. The Morgan fingerprint density at radius 1 is 1.03 bits per heavy atom. The Bertz CT molecular complexity index is 1370. The number of hydrogen-bond acceptors (Lipinski definition) is 7. The molecule has 1 N–H and O–H groups in total. The number of methoxy groups -OCH3 is 1. The average molecular weight is 595 g/mol. The van der Waals surface area contributed by atoms with Gasteiger partial charge >= 0.3 is 5.97 Å². The zero-order chi connectivity index (χ0) is 27.1. The van der Waals surface area contributed by atoms with E-state index in [2.05, 4.69) is 21.2 Å². The van der Waals surface area contributed by atoms with E-state index < -0.39 is 5.92 Å². The number of fused-ring (bicyclic) bond motifs is 1. The minimum atomic E-state index is -0.578. The van der Waals surface area contributed by atoms with E-state index in [1.54, 1.807) is 7.11 Å². The van der Waals surface area contributed by atoms with Gasteiger partial charge in [-0.15, -0.1) is 0 Å². The maximum atomic E-state index is 14.0. The first-order chi connectivity index (χ1) is 18.9. The van der Waals surface area contributed by atoms with Gasteiger partial charge in [-0.2, -0.15) is 0 Å². The van der Waals surface area contributed by atoms with Crippen molar-refractivity contribution in [2.24, 2.45) is 0 Å². The van der Waals surface area contributed by atoms with Crippen molar-refractivity contribution >= 4 is 27.7 Å². The molecule has 6 rings (SSSR count). The van der Waals surface area contributed by atoms with Gasteiger partial charge in [-0.3, -0.25) is 4.79 Å². The molecular formula is C31H32BrNO6. The van der Waals surface area contributed by atoms with E-state index in [9.17, 15) is 9.59 Å². The maximum absolute atomic E-state index is 14.0. The minimum absolute atomic E-state index is 0.0228. The fraction of sp³-hybridized carbons (Fsp3) is 0.419. The van der Waals surface area contributed by atoms with Crippen LogP contribution in [0.25, 0.3) is 0 Å². The van der Waals surface area contributed by atoms with Crippen LogP contribution in [0.1, 0.15) is 74.8 Å². The number of nitrogens with one attached hydrogen (secondary N) is 1. The maximum Gasteiger partial charge on any atom is 0.337 e. The number of Topliss-reactive ketones (excluding diaryl/α,β-unsaturated/α-hetero) is 1. The topological polar surface area (TPSA) is 83.1 Å². The Balaban J connectivity index is 1.40. The van der Waals surface area contributed by atoms with Crippen molar-refractivity contribution in [1.29, 1.82) is 0 Å². The van der Waals surface area contributed by atoms with Crippen LogP contribution in [-0.4, -0.2) is 31.8 Å². The molecule has 0 bridgehead atoms. The van der Waals surface area contributed by atoms with E-state index in [-0.39, 0.29) is 30.6 Å². The van der Waals surface area contributed by atoms with Crippen molar-refractivity contribution in [3.05, 3.63) is 74.5 Å². The second-order valence-corrected chi connectivity index (χ2v) is 11.5. The molecule has 7 nitrogen and oxygen atoms in total. The van der Waals surface area contributed by atoms with Crippen LogP contribution in [-0.2, 0) is 14.3 Å². The molecule has 0 amide bonds. The van der Waals surface area contributed by atoms with Crippen LogP contribution in [0.5, 0.6) is 17.2 Å². The van der Waals surface area contributed by atoms with Crippen LogP contribution in [0, 0.1) is 0 Å². The van der Waals surface area contributed by atoms with Gasteiger partial charge in [-0.25, -0.2) is 4.79 Å². The Morgan fingerprint density at radius 3 is 2.46 bits per heavy atom. The van der Waals surface area contributed by atoms with Gasteiger partial charge in [0, 0.05) is 33.8 Å². The fourth-order valence-corrected chi connectivity index (χ4v) is 6.84. The molecule has 0 spiro atoms. The van der Waals surface area contributed by atoms with Crippen LogP contribution in [0.4, 0.5) is 0 Å². The molecule has 2 aromatic carbocycles.